The number of aliphatic hydroxyl groups is 7. The van der Waals surface area contributed by atoms with E-state index in [-0.39, 0.29) is 69.4 Å². The van der Waals surface area contributed by atoms with Crippen LogP contribution in [0.3, 0.4) is 0 Å². The summed E-state index contributed by atoms with van der Waals surface area (Å²) in [5.41, 5.74) is -0.0416. The van der Waals surface area contributed by atoms with E-state index < -0.39 is 154 Å². The zero-order chi connectivity index (χ0) is 69.7. The van der Waals surface area contributed by atoms with Crippen LogP contribution in [0.5, 0.6) is 0 Å². The normalized spacial score (nSPS) is 33.9. The van der Waals surface area contributed by atoms with Gasteiger partial charge in [-0.15, -0.1) is 0 Å². The van der Waals surface area contributed by atoms with Crippen LogP contribution < -0.4 is 5.32 Å². The highest BCUT2D eigenvalue weighted by Gasteiger charge is 2.55. The van der Waals surface area contributed by atoms with Gasteiger partial charge in [-0.05, 0) is 120 Å². The number of esters is 2. The number of hydrogen-bond donors (Lipinski definition) is 10. The number of nitrogens with one attached hydrogen (secondary N) is 1. The molecule has 7 heterocycles. The number of fused-ring (bicyclic) bond motifs is 1. The first-order valence-electron chi connectivity index (χ1n) is 33.0. The largest absolute Gasteiger partial charge is 0.461 e. The maximum atomic E-state index is 13.3. The first kappa shape index (κ1) is 78.4. The minimum absolute atomic E-state index is 0.0113. The van der Waals surface area contributed by atoms with Crippen LogP contribution in [0.1, 0.15) is 157 Å². The molecule has 0 aromatic heterocycles. The van der Waals surface area contributed by atoms with Crippen LogP contribution in [0.2, 0.25) is 0 Å². The van der Waals surface area contributed by atoms with E-state index in [1.807, 2.05) is 26.0 Å². The summed E-state index contributed by atoms with van der Waals surface area (Å²) in [6.07, 6.45) is 7.02. The molecule has 0 saturated carbocycles. The van der Waals surface area contributed by atoms with E-state index in [4.69, 9.17) is 51.7 Å². The minimum atomic E-state index is -5.31. The van der Waals surface area contributed by atoms with Crippen LogP contribution in [0, 0.1) is 17.8 Å². The standard InChI is InChI=1S/C65H101NO27S2/c1-39(15-11-13-29-83-55(73)17-10-8-9-16-54(72)66-36-45(67)33-49(69)59(93-95(80,81)82)50(70)38-86-94(77,78)79)37-84-61(75)62(7,76)35-47-20-21-53(71)65(89-47)34-40(2)31-52(90-65)41(3)18-19-46-23-27-64(88-46)28-24-51-60(92-64)56(74)44(6)58(87-51)48(68)32-43(5)57-42(4)22-26-63(91-57)25-12-14-30-85-63/h8,10-11,13,15,18-19,34,41-43,45-53,56-60,67-71,74,76H,6,9,12,14,16-17,20-33,35-38H2,1-5,7H3,(H,66,72)(H,77,78,79)(H,80,81,82). The van der Waals surface area contributed by atoms with E-state index in [2.05, 4.69) is 34.1 Å². The van der Waals surface area contributed by atoms with Crippen molar-refractivity contribution in [1.82, 2.24) is 5.32 Å². The van der Waals surface area contributed by atoms with Crippen molar-refractivity contribution in [3.05, 3.63) is 71.9 Å². The molecule has 30 heteroatoms. The summed E-state index contributed by atoms with van der Waals surface area (Å²) in [6, 6.07) is 0. The van der Waals surface area contributed by atoms with Crippen molar-refractivity contribution in [3.8, 4) is 0 Å². The van der Waals surface area contributed by atoms with Crippen molar-refractivity contribution >= 4 is 38.6 Å². The Balaban J connectivity index is 0.779. The Morgan fingerprint density at radius 1 is 0.874 bits per heavy atom. The van der Waals surface area contributed by atoms with Gasteiger partial charge in [0.15, 0.2) is 17.2 Å². The smallest absolute Gasteiger partial charge is 0.397 e. The molecule has 0 aromatic carbocycles. The van der Waals surface area contributed by atoms with Crippen LogP contribution in [-0.2, 0) is 86.2 Å². The molecule has 0 bridgehead atoms. The Labute approximate surface area is 556 Å². The van der Waals surface area contributed by atoms with Crippen molar-refractivity contribution in [2.45, 2.75) is 266 Å². The van der Waals surface area contributed by atoms with E-state index >= 15 is 0 Å². The highest BCUT2D eigenvalue weighted by Crippen LogP contribution is 2.48. The lowest BCUT2D eigenvalue weighted by Gasteiger charge is -2.50. The van der Waals surface area contributed by atoms with Gasteiger partial charge in [-0.3, -0.25) is 18.7 Å². The molecule has 0 aromatic rings. The number of carbonyl (C=O) groups excluding carboxylic acids is 3. The lowest BCUT2D eigenvalue weighted by Crippen LogP contribution is -2.60. The Morgan fingerprint density at radius 3 is 2.33 bits per heavy atom. The molecule has 21 unspecified atom stereocenters. The second-order valence-electron chi connectivity index (χ2n) is 27.0. The number of hydrogen-bond acceptors (Lipinski definition) is 25. The molecule has 3 spiro atoms. The van der Waals surface area contributed by atoms with E-state index in [1.165, 1.54) is 13.0 Å². The van der Waals surface area contributed by atoms with Gasteiger partial charge in [-0.1, -0.05) is 69.4 Å². The third kappa shape index (κ3) is 23.0. The average molecular weight is 1390 g/mol. The Hall–Kier alpha value is -3.97. The van der Waals surface area contributed by atoms with Crippen LogP contribution >= 0.6 is 0 Å². The summed E-state index contributed by atoms with van der Waals surface area (Å²) in [5, 5.41) is 79.1. The molecule has 6 fully saturated rings. The van der Waals surface area contributed by atoms with Gasteiger partial charge in [0, 0.05) is 57.4 Å². The molecule has 0 aliphatic carbocycles. The van der Waals surface area contributed by atoms with Gasteiger partial charge in [-0.2, -0.15) is 16.8 Å². The summed E-state index contributed by atoms with van der Waals surface area (Å²) in [7, 11) is -10.4. The number of aliphatic hydroxyl groups excluding tert-OH is 6. The first-order chi connectivity index (χ1) is 44.6. The Kier molecular flexibility index (Phi) is 28.4. The van der Waals surface area contributed by atoms with Crippen molar-refractivity contribution in [3.63, 3.8) is 0 Å². The molecular formula is C65H101NO27S2. The summed E-state index contributed by atoms with van der Waals surface area (Å²) in [4.78, 5) is 37.8. The fourth-order valence-electron chi connectivity index (χ4n) is 13.5. The van der Waals surface area contributed by atoms with Crippen LogP contribution in [0.4, 0.5) is 0 Å². The summed E-state index contributed by atoms with van der Waals surface area (Å²) < 4.78 is 126. The SMILES string of the molecule is C=C1C(O)C2OC3(CCC(C=CC(C)C4CC(C)=CC5(OC(CC(C)(O)C(=O)OCC(C)=CC=CCOC(=O)CC=CCCC(=O)NCC(O)CC(O)C(OS(=O)(=O)O)C(O)COS(=O)(=O)O)CCC5O)O4)O3)CCC2OC1C(O)CC(C)C1OC2(CCCCO2)CCC1C. The number of rotatable bonds is 31. The first-order valence-corrected chi connectivity index (χ1v) is 35.7. The molecule has 6 saturated heterocycles. The molecule has 7 aliphatic heterocycles. The third-order valence-electron chi connectivity index (χ3n) is 18.7. The lowest BCUT2D eigenvalue weighted by atomic mass is 9.79. The highest BCUT2D eigenvalue weighted by molar-refractivity contribution is 7.81. The van der Waals surface area contributed by atoms with Crippen molar-refractivity contribution < 1.29 is 127 Å². The lowest BCUT2D eigenvalue weighted by molar-refractivity contribution is -0.321. The van der Waals surface area contributed by atoms with Crippen molar-refractivity contribution in [2.24, 2.45) is 17.8 Å². The topological polar surface area (TPSA) is 415 Å². The fourth-order valence-corrected chi connectivity index (χ4v) is 14.4. The van der Waals surface area contributed by atoms with Gasteiger partial charge in [0.25, 0.3) is 0 Å². The summed E-state index contributed by atoms with van der Waals surface area (Å²) in [5.74, 6) is -4.87. The van der Waals surface area contributed by atoms with E-state index in [9.17, 15) is 67.0 Å². The Morgan fingerprint density at radius 2 is 1.61 bits per heavy atom. The highest BCUT2D eigenvalue weighted by atomic mass is 32.3. The molecule has 0 radical (unpaired) electrons. The van der Waals surface area contributed by atoms with Gasteiger partial charge < -0.3 is 83.7 Å². The molecule has 540 valence electrons. The molecule has 1 amide bonds. The zero-order valence-corrected chi connectivity index (χ0v) is 56.7. The van der Waals surface area contributed by atoms with Crippen molar-refractivity contribution in [2.75, 3.05) is 33.0 Å². The number of allylic oxidation sites excluding steroid dienone is 3. The Bertz CT molecular complexity index is 2970. The minimum Gasteiger partial charge on any atom is -0.461 e. The summed E-state index contributed by atoms with van der Waals surface area (Å²) >= 11 is 0. The predicted octanol–water partition coefficient (Wildman–Crippen LogP) is 4.04. The van der Waals surface area contributed by atoms with Crippen LogP contribution in [0.25, 0.3) is 0 Å². The van der Waals surface area contributed by atoms with Gasteiger partial charge in [-0.25, -0.2) is 13.2 Å². The number of ether oxygens (including phenoxy) is 9. The van der Waals surface area contributed by atoms with Crippen LogP contribution in [0.15, 0.2) is 71.9 Å². The second kappa shape index (κ2) is 34.4. The molecular weight excluding hydrogens is 1290 g/mol. The quantitative estimate of drug-likeness (QED) is 0.0203. The molecule has 95 heavy (non-hydrogen) atoms. The van der Waals surface area contributed by atoms with E-state index in [1.54, 1.807) is 37.3 Å². The second-order valence-corrected chi connectivity index (χ2v) is 29.1. The van der Waals surface area contributed by atoms with E-state index in [0.29, 0.717) is 68.6 Å². The van der Waals surface area contributed by atoms with Gasteiger partial charge in [0.1, 0.15) is 49.8 Å². The molecule has 28 nitrogen and oxygen atoms in total. The molecule has 10 N–H and O–H groups in total. The van der Waals surface area contributed by atoms with Gasteiger partial charge >= 0.3 is 32.7 Å². The molecule has 7 aliphatic rings. The van der Waals surface area contributed by atoms with Gasteiger partial charge in [0.05, 0.1) is 68.5 Å². The molecule has 7 rings (SSSR count). The maximum Gasteiger partial charge on any atom is 0.397 e. The fraction of sp³-hybridized carbons (Fsp3) is 0.769. The number of carbonyl (C=O) groups is 3. The van der Waals surface area contributed by atoms with Crippen LogP contribution in [-0.4, -0.2) is 221 Å². The summed E-state index contributed by atoms with van der Waals surface area (Å²) in [6.45, 7) is 14.2. The zero-order valence-electron chi connectivity index (χ0n) is 55.1. The van der Waals surface area contributed by atoms with E-state index in [0.717, 1.165) is 37.7 Å². The maximum absolute atomic E-state index is 13.3. The predicted molar refractivity (Wildman–Crippen MR) is 337 cm³/mol. The van der Waals surface area contributed by atoms with Crippen molar-refractivity contribution in [1.29, 1.82) is 0 Å². The number of amides is 1. The van der Waals surface area contributed by atoms with Gasteiger partial charge in [0.2, 0.25) is 11.7 Å². The average Bonchev–Trinajstić information content (AvgIpc) is 1.74. The molecule has 21 atom stereocenters. The monoisotopic (exact) mass is 1390 g/mol. The third-order valence-corrected chi connectivity index (χ3v) is 19.6.